The van der Waals surface area contributed by atoms with Gasteiger partial charge < -0.3 is 20.3 Å². The van der Waals surface area contributed by atoms with Gasteiger partial charge in [-0.1, -0.05) is 275 Å². The van der Waals surface area contributed by atoms with E-state index in [1.54, 1.807) is 6.08 Å². The van der Waals surface area contributed by atoms with Crippen molar-refractivity contribution in [2.75, 3.05) is 13.2 Å². The summed E-state index contributed by atoms with van der Waals surface area (Å²) in [6.07, 6.45) is 70.2. The highest BCUT2D eigenvalue weighted by Crippen LogP contribution is 2.17. The summed E-state index contributed by atoms with van der Waals surface area (Å²) >= 11 is 0. The van der Waals surface area contributed by atoms with Crippen molar-refractivity contribution in [3.05, 3.63) is 36.5 Å². The fourth-order valence-electron chi connectivity index (χ4n) is 9.08. The van der Waals surface area contributed by atoms with Crippen LogP contribution in [0.1, 0.15) is 316 Å². The average molecular weight is 943 g/mol. The molecule has 0 spiro atoms. The van der Waals surface area contributed by atoms with Gasteiger partial charge in [-0.2, -0.15) is 0 Å². The van der Waals surface area contributed by atoms with E-state index in [9.17, 15) is 19.8 Å². The lowest BCUT2D eigenvalue weighted by Gasteiger charge is -2.20. The molecule has 0 bridgehead atoms. The Bertz CT molecular complexity index is 1090. The number of esters is 1. The lowest BCUT2D eigenvalue weighted by molar-refractivity contribution is -0.143. The van der Waals surface area contributed by atoms with Gasteiger partial charge in [-0.05, 0) is 64.2 Å². The minimum absolute atomic E-state index is 0.0167. The van der Waals surface area contributed by atoms with E-state index in [-0.39, 0.29) is 18.5 Å². The molecule has 67 heavy (non-hydrogen) atoms. The largest absolute Gasteiger partial charge is 0.466 e. The number of carbonyl (C=O) groups excluding carboxylic acids is 2. The zero-order valence-corrected chi connectivity index (χ0v) is 44.9. The van der Waals surface area contributed by atoms with Crippen LogP contribution < -0.4 is 5.32 Å². The maximum Gasteiger partial charge on any atom is 0.305 e. The van der Waals surface area contributed by atoms with Gasteiger partial charge in [0.2, 0.25) is 5.91 Å². The molecule has 0 fully saturated rings. The predicted octanol–water partition coefficient (Wildman–Crippen LogP) is 18.4. The number of unbranched alkanes of at least 4 members (excludes halogenated alkanes) is 40. The SMILES string of the molecule is CCCCCC/C=C\C/C=C\CCCCCCCC(=O)OCCCCCCCCCCCCCCCCC(=O)NC(CO)C(O)/C=C/CCCCCCCCCCCCCCCCCCCC. The highest BCUT2D eigenvalue weighted by molar-refractivity contribution is 5.76. The Balaban J connectivity index is 3.48. The van der Waals surface area contributed by atoms with Crippen molar-refractivity contribution < 1.29 is 24.5 Å². The monoisotopic (exact) mass is 942 g/mol. The average Bonchev–Trinajstić information content (AvgIpc) is 3.33. The Morgan fingerprint density at radius 3 is 1.15 bits per heavy atom. The Morgan fingerprint density at radius 1 is 0.418 bits per heavy atom. The van der Waals surface area contributed by atoms with Gasteiger partial charge in [-0.3, -0.25) is 9.59 Å². The Morgan fingerprint density at radius 2 is 0.746 bits per heavy atom. The van der Waals surface area contributed by atoms with Crippen LogP contribution in [0.25, 0.3) is 0 Å². The molecule has 2 unspecified atom stereocenters. The van der Waals surface area contributed by atoms with Crippen LogP contribution in [0.4, 0.5) is 0 Å². The van der Waals surface area contributed by atoms with Gasteiger partial charge in [-0.15, -0.1) is 0 Å². The second kappa shape index (κ2) is 56.7. The summed E-state index contributed by atoms with van der Waals surface area (Å²) in [5, 5.41) is 23.2. The lowest BCUT2D eigenvalue weighted by atomic mass is 10.0. The molecule has 0 aromatic rings. The van der Waals surface area contributed by atoms with Crippen molar-refractivity contribution in [2.45, 2.75) is 328 Å². The van der Waals surface area contributed by atoms with Crippen LogP contribution >= 0.6 is 0 Å². The molecule has 1 amide bonds. The van der Waals surface area contributed by atoms with Gasteiger partial charge in [0.05, 0.1) is 25.4 Å². The number of carbonyl (C=O) groups is 2. The Labute approximate surface area is 417 Å². The normalized spacial score (nSPS) is 12.8. The van der Waals surface area contributed by atoms with Crippen molar-refractivity contribution in [2.24, 2.45) is 0 Å². The van der Waals surface area contributed by atoms with Gasteiger partial charge in [0.25, 0.3) is 0 Å². The van der Waals surface area contributed by atoms with Crippen LogP contribution in [-0.2, 0) is 14.3 Å². The smallest absolute Gasteiger partial charge is 0.305 e. The first kappa shape index (κ1) is 65.1. The molecule has 0 rings (SSSR count). The van der Waals surface area contributed by atoms with E-state index in [4.69, 9.17) is 4.74 Å². The molecule has 0 aromatic carbocycles. The first-order chi connectivity index (χ1) is 33.0. The minimum Gasteiger partial charge on any atom is -0.466 e. The molecule has 0 saturated heterocycles. The van der Waals surface area contributed by atoms with Gasteiger partial charge >= 0.3 is 5.97 Å². The van der Waals surface area contributed by atoms with Crippen LogP contribution in [0.2, 0.25) is 0 Å². The van der Waals surface area contributed by atoms with E-state index in [0.29, 0.717) is 19.4 Å². The number of aliphatic hydroxyl groups is 2. The summed E-state index contributed by atoms with van der Waals surface area (Å²) in [6, 6.07) is -0.638. The first-order valence-electron chi connectivity index (χ1n) is 29.8. The summed E-state index contributed by atoms with van der Waals surface area (Å²) in [7, 11) is 0. The van der Waals surface area contributed by atoms with E-state index < -0.39 is 12.1 Å². The molecule has 394 valence electrons. The number of allylic oxidation sites excluding steroid dienone is 5. The van der Waals surface area contributed by atoms with Crippen molar-refractivity contribution in [3.63, 3.8) is 0 Å². The van der Waals surface area contributed by atoms with Gasteiger partial charge in [0.1, 0.15) is 0 Å². The minimum atomic E-state index is -0.853. The molecule has 3 N–H and O–H groups in total. The summed E-state index contributed by atoms with van der Waals surface area (Å²) < 4.78 is 5.47. The molecular formula is C61H115NO5. The molecule has 0 saturated carbocycles. The molecule has 0 aliphatic heterocycles. The number of ether oxygens (including phenoxy) is 1. The van der Waals surface area contributed by atoms with Crippen molar-refractivity contribution >= 4 is 11.9 Å². The van der Waals surface area contributed by atoms with Crippen LogP contribution in [0.15, 0.2) is 36.5 Å². The Hall–Kier alpha value is -1.92. The van der Waals surface area contributed by atoms with E-state index >= 15 is 0 Å². The van der Waals surface area contributed by atoms with Crippen LogP contribution in [0.5, 0.6) is 0 Å². The van der Waals surface area contributed by atoms with Gasteiger partial charge in [-0.25, -0.2) is 0 Å². The maximum atomic E-state index is 12.5. The van der Waals surface area contributed by atoms with Crippen LogP contribution in [0.3, 0.4) is 0 Å². The number of hydrogen-bond acceptors (Lipinski definition) is 5. The topological polar surface area (TPSA) is 95.9 Å². The molecule has 2 atom stereocenters. The van der Waals surface area contributed by atoms with Crippen molar-refractivity contribution in [1.82, 2.24) is 5.32 Å². The summed E-state index contributed by atoms with van der Waals surface area (Å²) in [6.45, 7) is 4.87. The number of rotatable bonds is 55. The zero-order valence-electron chi connectivity index (χ0n) is 44.9. The number of hydrogen-bond donors (Lipinski definition) is 3. The number of amides is 1. The molecule has 0 radical (unpaired) electrons. The van der Waals surface area contributed by atoms with E-state index in [0.717, 1.165) is 64.2 Å². The molecule has 0 aliphatic rings. The third kappa shape index (κ3) is 53.3. The first-order valence-corrected chi connectivity index (χ1v) is 29.8. The predicted molar refractivity (Wildman–Crippen MR) is 292 cm³/mol. The van der Waals surface area contributed by atoms with Crippen molar-refractivity contribution in [1.29, 1.82) is 0 Å². The van der Waals surface area contributed by atoms with Crippen LogP contribution in [-0.4, -0.2) is 47.4 Å². The highest BCUT2D eigenvalue weighted by Gasteiger charge is 2.18. The Kier molecular flexibility index (Phi) is 55.0. The summed E-state index contributed by atoms with van der Waals surface area (Å²) in [5.74, 6) is -0.0937. The second-order valence-electron chi connectivity index (χ2n) is 20.3. The number of aliphatic hydroxyl groups excluding tert-OH is 2. The lowest BCUT2D eigenvalue weighted by Crippen LogP contribution is -2.45. The standard InChI is InChI=1S/C61H115NO5/c1-3-5-7-9-11-13-15-17-19-21-22-23-24-25-29-33-37-41-45-49-53-59(64)58(57-63)62-60(65)54-50-46-42-38-34-30-27-28-32-36-40-44-48-52-56-67-61(66)55-51-47-43-39-35-31-26-20-18-16-14-12-10-8-6-4-2/h14,16,20,26,49,53,58-59,63-64H,3-13,15,17-19,21-25,27-48,50-52,54-57H2,1-2H3,(H,62,65)/b16-14-,26-20-,53-49+. The fraction of sp³-hybridized carbons (Fsp3) is 0.869. The highest BCUT2D eigenvalue weighted by atomic mass is 16.5. The third-order valence-electron chi connectivity index (χ3n) is 13.7. The zero-order chi connectivity index (χ0) is 48.6. The van der Waals surface area contributed by atoms with Gasteiger partial charge in [0.15, 0.2) is 0 Å². The molecule has 6 nitrogen and oxygen atoms in total. The summed E-state index contributed by atoms with van der Waals surface area (Å²) in [4.78, 5) is 24.5. The molecule has 6 heteroatoms. The third-order valence-corrected chi connectivity index (χ3v) is 13.7. The molecule has 0 aromatic heterocycles. The fourth-order valence-corrected chi connectivity index (χ4v) is 9.08. The maximum absolute atomic E-state index is 12.5. The molecule has 0 heterocycles. The van der Waals surface area contributed by atoms with Crippen molar-refractivity contribution in [3.8, 4) is 0 Å². The van der Waals surface area contributed by atoms with Gasteiger partial charge in [0, 0.05) is 12.8 Å². The number of nitrogens with one attached hydrogen (secondary N) is 1. The van der Waals surface area contributed by atoms with Crippen LogP contribution in [0, 0.1) is 0 Å². The van der Waals surface area contributed by atoms with E-state index in [1.807, 2.05) is 6.08 Å². The van der Waals surface area contributed by atoms with E-state index in [1.165, 1.54) is 225 Å². The van der Waals surface area contributed by atoms with E-state index in [2.05, 4.69) is 43.5 Å². The quantitative estimate of drug-likeness (QED) is 0.0321. The molecule has 0 aliphatic carbocycles. The summed E-state index contributed by atoms with van der Waals surface area (Å²) in [5.41, 5.74) is 0. The second-order valence-corrected chi connectivity index (χ2v) is 20.3. The molecular weight excluding hydrogens is 827 g/mol.